The standard InChI is InChI=1S/C20H22N2O2/c1-13(2)17-10-7-8-14(3)19(17)22-20(23)15(4)24-18-11-6-5-9-16(18)12-21/h5-11,13,15H,1-4H3,(H,22,23). The van der Waals surface area contributed by atoms with Gasteiger partial charge in [-0.05, 0) is 43.0 Å². The van der Waals surface area contributed by atoms with Crippen LogP contribution in [-0.4, -0.2) is 12.0 Å². The van der Waals surface area contributed by atoms with E-state index >= 15 is 0 Å². The maximum absolute atomic E-state index is 12.5. The van der Waals surface area contributed by atoms with E-state index in [1.165, 1.54) is 0 Å². The van der Waals surface area contributed by atoms with Crippen LogP contribution >= 0.6 is 0 Å². The Morgan fingerprint density at radius 2 is 1.83 bits per heavy atom. The summed E-state index contributed by atoms with van der Waals surface area (Å²) < 4.78 is 5.68. The highest BCUT2D eigenvalue weighted by Gasteiger charge is 2.19. The van der Waals surface area contributed by atoms with Gasteiger partial charge in [0.05, 0.1) is 5.56 Å². The number of para-hydroxylation sites is 2. The highest BCUT2D eigenvalue weighted by atomic mass is 16.5. The zero-order valence-corrected chi connectivity index (χ0v) is 14.5. The minimum atomic E-state index is -0.709. The van der Waals surface area contributed by atoms with Gasteiger partial charge in [0.2, 0.25) is 0 Å². The quantitative estimate of drug-likeness (QED) is 0.887. The van der Waals surface area contributed by atoms with E-state index in [-0.39, 0.29) is 5.91 Å². The smallest absolute Gasteiger partial charge is 0.265 e. The lowest BCUT2D eigenvalue weighted by molar-refractivity contribution is -0.122. The maximum atomic E-state index is 12.5. The number of ether oxygens (including phenoxy) is 1. The molecule has 1 unspecified atom stereocenters. The fourth-order valence-corrected chi connectivity index (χ4v) is 2.47. The van der Waals surface area contributed by atoms with Gasteiger partial charge in [0.25, 0.3) is 5.91 Å². The molecule has 0 radical (unpaired) electrons. The van der Waals surface area contributed by atoms with Gasteiger partial charge in [0.15, 0.2) is 6.10 Å². The molecule has 0 saturated heterocycles. The van der Waals surface area contributed by atoms with E-state index in [9.17, 15) is 4.79 Å². The first-order valence-electron chi connectivity index (χ1n) is 8.00. The largest absolute Gasteiger partial charge is 0.480 e. The van der Waals surface area contributed by atoms with Crippen molar-refractivity contribution in [3.63, 3.8) is 0 Å². The first-order chi connectivity index (χ1) is 11.4. The van der Waals surface area contributed by atoms with Crippen LogP contribution in [0.5, 0.6) is 5.75 Å². The van der Waals surface area contributed by atoms with E-state index in [0.29, 0.717) is 17.2 Å². The van der Waals surface area contributed by atoms with Crippen LogP contribution in [0.2, 0.25) is 0 Å². The second-order valence-electron chi connectivity index (χ2n) is 6.05. The van der Waals surface area contributed by atoms with Crippen molar-refractivity contribution in [3.05, 3.63) is 59.2 Å². The molecule has 0 fully saturated rings. The van der Waals surface area contributed by atoms with Crippen LogP contribution in [0.15, 0.2) is 42.5 Å². The molecule has 1 N–H and O–H groups in total. The van der Waals surface area contributed by atoms with E-state index in [0.717, 1.165) is 16.8 Å². The number of rotatable bonds is 5. The van der Waals surface area contributed by atoms with Crippen molar-refractivity contribution >= 4 is 11.6 Å². The Morgan fingerprint density at radius 3 is 2.50 bits per heavy atom. The molecule has 24 heavy (non-hydrogen) atoms. The Kier molecular flexibility index (Phi) is 5.59. The number of amides is 1. The van der Waals surface area contributed by atoms with E-state index in [2.05, 4.69) is 25.2 Å². The Balaban J connectivity index is 2.17. The third kappa shape index (κ3) is 3.94. The number of nitrogens with zero attached hydrogens (tertiary/aromatic N) is 1. The highest BCUT2D eigenvalue weighted by Crippen LogP contribution is 2.28. The zero-order valence-electron chi connectivity index (χ0n) is 14.5. The molecule has 0 bridgehead atoms. The molecule has 0 saturated carbocycles. The summed E-state index contributed by atoms with van der Waals surface area (Å²) in [5.41, 5.74) is 3.35. The zero-order chi connectivity index (χ0) is 17.7. The molecule has 4 heteroatoms. The van der Waals surface area contributed by atoms with Crippen LogP contribution in [0.4, 0.5) is 5.69 Å². The number of carbonyl (C=O) groups is 1. The molecule has 2 aromatic rings. The number of nitrogens with one attached hydrogen (secondary N) is 1. The molecule has 0 aromatic heterocycles. The summed E-state index contributed by atoms with van der Waals surface area (Å²) in [6.45, 7) is 7.83. The number of aryl methyl sites for hydroxylation is 1. The van der Waals surface area contributed by atoms with Crippen molar-refractivity contribution in [1.29, 1.82) is 5.26 Å². The van der Waals surface area contributed by atoms with Crippen LogP contribution in [-0.2, 0) is 4.79 Å². The molecule has 0 aliphatic carbocycles. The van der Waals surface area contributed by atoms with Crippen LogP contribution in [0, 0.1) is 18.3 Å². The number of hydrogen-bond acceptors (Lipinski definition) is 3. The number of benzene rings is 2. The topological polar surface area (TPSA) is 62.1 Å². The van der Waals surface area contributed by atoms with Gasteiger partial charge in [0, 0.05) is 5.69 Å². The number of hydrogen-bond donors (Lipinski definition) is 1. The third-order valence-electron chi connectivity index (χ3n) is 3.86. The van der Waals surface area contributed by atoms with Crippen molar-refractivity contribution in [2.45, 2.75) is 39.7 Å². The Bertz CT molecular complexity index is 775. The molecular weight excluding hydrogens is 300 g/mol. The Labute approximate surface area is 143 Å². The average molecular weight is 322 g/mol. The van der Waals surface area contributed by atoms with E-state index in [4.69, 9.17) is 10.00 Å². The fraction of sp³-hybridized carbons (Fsp3) is 0.300. The minimum Gasteiger partial charge on any atom is -0.480 e. The van der Waals surface area contributed by atoms with Crippen LogP contribution in [0.25, 0.3) is 0 Å². The van der Waals surface area contributed by atoms with Crippen molar-refractivity contribution in [2.75, 3.05) is 5.32 Å². The van der Waals surface area contributed by atoms with E-state index in [1.807, 2.05) is 25.1 Å². The first-order valence-corrected chi connectivity index (χ1v) is 8.00. The van der Waals surface area contributed by atoms with Gasteiger partial charge in [0.1, 0.15) is 11.8 Å². The third-order valence-corrected chi connectivity index (χ3v) is 3.86. The van der Waals surface area contributed by atoms with Crippen molar-refractivity contribution < 1.29 is 9.53 Å². The minimum absolute atomic E-state index is 0.237. The van der Waals surface area contributed by atoms with Gasteiger partial charge in [-0.2, -0.15) is 5.26 Å². The first kappa shape index (κ1) is 17.6. The van der Waals surface area contributed by atoms with Crippen molar-refractivity contribution in [3.8, 4) is 11.8 Å². The number of carbonyl (C=O) groups excluding carboxylic acids is 1. The molecule has 1 atom stereocenters. The summed E-state index contributed by atoms with van der Waals surface area (Å²) in [4.78, 5) is 12.5. The maximum Gasteiger partial charge on any atom is 0.265 e. The summed E-state index contributed by atoms with van der Waals surface area (Å²) in [6.07, 6.45) is -0.709. The summed E-state index contributed by atoms with van der Waals surface area (Å²) >= 11 is 0. The lowest BCUT2D eigenvalue weighted by Gasteiger charge is -2.19. The van der Waals surface area contributed by atoms with Gasteiger partial charge in [-0.1, -0.05) is 44.2 Å². The van der Waals surface area contributed by atoms with Gasteiger partial charge >= 0.3 is 0 Å². The highest BCUT2D eigenvalue weighted by molar-refractivity contribution is 5.95. The average Bonchev–Trinajstić information content (AvgIpc) is 2.56. The molecule has 2 rings (SSSR count). The molecular formula is C20H22N2O2. The van der Waals surface area contributed by atoms with Gasteiger partial charge < -0.3 is 10.1 Å². The fourth-order valence-electron chi connectivity index (χ4n) is 2.47. The molecule has 2 aromatic carbocycles. The summed E-state index contributed by atoms with van der Waals surface area (Å²) in [5.74, 6) is 0.478. The normalized spacial score (nSPS) is 11.7. The predicted molar refractivity (Wildman–Crippen MR) is 95.1 cm³/mol. The monoisotopic (exact) mass is 322 g/mol. The lowest BCUT2D eigenvalue weighted by Crippen LogP contribution is -2.31. The van der Waals surface area contributed by atoms with Gasteiger partial charge in [-0.3, -0.25) is 4.79 Å². The van der Waals surface area contributed by atoms with E-state index < -0.39 is 6.10 Å². The van der Waals surface area contributed by atoms with Crippen LogP contribution in [0.3, 0.4) is 0 Å². The van der Waals surface area contributed by atoms with Gasteiger partial charge in [-0.25, -0.2) is 0 Å². The van der Waals surface area contributed by atoms with Crippen molar-refractivity contribution in [2.24, 2.45) is 0 Å². The Morgan fingerprint density at radius 1 is 1.12 bits per heavy atom. The lowest BCUT2D eigenvalue weighted by atomic mass is 9.98. The van der Waals surface area contributed by atoms with Crippen LogP contribution in [0.1, 0.15) is 43.4 Å². The molecule has 0 spiro atoms. The summed E-state index contributed by atoms with van der Waals surface area (Å²) in [6, 6.07) is 14.9. The van der Waals surface area contributed by atoms with E-state index in [1.54, 1.807) is 31.2 Å². The molecule has 0 aliphatic heterocycles. The predicted octanol–water partition coefficient (Wildman–Crippen LogP) is 4.40. The molecule has 124 valence electrons. The number of anilines is 1. The van der Waals surface area contributed by atoms with Crippen LogP contribution < -0.4 is 10.1 Å². The second kappa shape index (κ2) is 7.65. The number of nitriles is 1. The molecule has 1 amide bonds. The van der Waals surface area contributed by atoms with Gasteiger partial charge in [-0.15, -0.1) is 0 Å². The molecule has 0 heterocycles. The van der Waals surface area contributed by atoms with Crippen molar-refractivity contribution in [1.82, 2.24) is 0 Å². The summed E-state index contributed by atoms with van der Waals surface area (Å²) in [5, 5.41) is 12.1. The molecule has 0 aliphatic rings. The Hall–Kier alpha value is -2.80. The second-order valence-corrected chi connectivity index (χ2v) is 6.05. The SMILES string of the molecule is Cc1cccc(C(C)C)c1NC(=O)C(C)Oc1ccccc1C#N. The summed E-state index contributed by atoms with van der Waals surface area (Å²) in [7, 11) is 0. The molecule has 4 nitrogen and oxygen atoms in total.